The smallest absolute Gasteiger partial charge is 0.126 e. The molecule has 21 heavy (non-hydrogen) atoms. The highest BCUT2D eigenvalue weighted by Gasteiger charge is 2.36. The highest BCUT2D eigenvalue weighted by atomic mass is 79.9. The molecule has 0 bridgehead atoms. The van der Waals surface area contributed by atoms with Gasteiger partial charge in [-0.3, -0.25) is 0 Å². The van der Waals surface area contributed by atoms with E-state index in [0.717, 1.165) is 24.6 Å². The Morgan fingerprint density at radius 2 is 1.90 bits per heavy atom. The predicted octanol–water partition coefficient (Wildman–Crippen LogP) is 5.18. The number of alkyl halides is 1. The fraction of sp³-hybridized carbons (Fsp3) is 0.333. The molecule has 0 spiro atoms. The van der Waals surface area contributed by atoms with Crippen molar-refractivity contribution in [3.05, 3.63) is 70.8 Å². The number of rotatable bonds is 3. The molecule has 1 atom stereocenters. The van der Waals surface area contributed by atoms with E-state index in [0.29, 0.717) is 12.0 Å². The van der Waals surface area contributed by atoms with Crippen LogP contribution >= 0.6 is 15.9 Å². The van der Waals surface area contributed by atoms with E-state index >= 15 is 0 Å². The molecule has 0 aromatic heterocycles. The van der Waals surface area contributed by atoms with Gasteiger partial charge in [0.1, 0.15) is 11.6 Å². The molecule has 0 fully saturated rings. The normalized spacial score (nSPS) is 21.1. The van der Waals surface area contributed by atoms with E-state index in [1.807, 2.05) is 12.1 Å². The maximum Gasteiger partial charge on any atom is 0.126 e. The van der Waals surface area contributed by atoms with Gasteiger partial charge in [0.15, 0.2) is 0 Å². The van der Waals surface area contributed by atoms with E-state index in [4.69, 9.17) is 0 Å². The number of benzene rings is 2. The van der Waals surface area contributed by atoms with E-state index in [1.165, 1.54) is 29.3 Å². The standard InChI is InChI=1S/C18H17BrF2/c19-12-18(11-14-10-15(20)7-8-17(14)21)9-3-5-13-4-1-2-6-16(13)18/h1-2,4,6-8,10H,3,5,9,11-12H2. The minimum Gasteiger partial charge on any atom is -0.207 e. The molecule has 0 N–H and O–H groups in total. The lowest BCUT2D eigenvalue weighted by Gasteiger charge is -2.38. The molecule has 0 nitrogen and oxygen atoms in total. The van der Waals surface area contributed by atoms with Crippen molar-refractivity contribution in [1.29, 1.82) is 0 Å². The number of fused-ring (bicyclic) bond motifs is 1. The van der Waals surface area contributed by atoms with Gasteiger partial charge in [0, 0.05) is 10.7 Å². The third-order valence-electron chi connectivity index (χ3n) is 4.48. The van der Waals surface area contributed by atoms with Crippen molar-refractivity contribution in [2.75, 3.05) is 5.33 Å². The van der Waals surface area contributed by atoms with Crippen molar-refractivity contribution in [1.82, 2.24) is 0 Å². The highest BCUT2D eigenvalue weighted by Crippen LogP contribution is 2.41. The SMILES string of the molecule is Fc1ccc(F)c(CC2(CBr)CCCc3ccccc32)c1. The predicted molar refractivity (Wildman–Crippen MR) is 84.9 cm³/mol. The van der Waals surface area contributed by atoms with Crippen molar-refractivity contribution >= 4 is 15.9 Å². The van der Waals surface area contributed by atoms with Crippen molar-refractivity contribution in [3.63, 3.8) is 0 Å². The van der Waals surface area contributed by atoms with E-state index < -0.39 is 0 Å². The summed E-state index contributed by atoms with van der Waals surface area (Å²) >= 11 is 3.62. The maximum absolute atomic E-state index is 14.0. The van der Waals surface area contributed by atoms with E-state index in [9.17, 15) is 8.78 Å². The quantitative estimate of drug-likeness (QED) is 0.669. The van der Waals surface area contributed by atoms with Crippen LogP contribution < -0.4 is 0 Å². The Labute approximate surface area is 132 Å². The summed E-state index contributed by atoms with van der Waals surface area (Å²) in [5.74, 6) is -0.694. The van der Waals surface area contributed by atoms with Crippen LogP contribution in [0.5, 0.6) is 0 Å². The van der Waals surface area contributed by atoms with E-state index in [-0.39, 0.29) is 17.0 Å². The van der Waals surface area contributed by atoms with Crippen LogP contribution in [0.15, 0.2) is 42.5 Å². The zero-order valence-electron chi connectivity index (χ0n) is 11.7. The zero-order valence-corrected chi connectivity index (χ0v) is 13.3. The minimum absolute atomic E-state index is 0.149. The molecule has 2 aromatic rings. The molecule has 110 valence electrons. The Hall–Kier alpha value is -1.22. The second-order valence-corrected chi connectivity index (χ2v) is 6.40. The molecule has 0 saturated heterocycles. The first-order chi connectivity index (χ1) is 10.1. The molecule has 0 radical (unpaired) electrons. The van der Waals surface area contributed by atoms with Crippen LogP contribution in [0.2, 0.25) is 0 Å². The van der Waals surface area contributed by atoms with E-state index in [1.54, 1.807) is 0 Å². The molecule has 2 aromatic carbocycles. The van der Waals surface area contributed by atoms with Crippen molar-refractivity contribution in [2.45, 2.75) is 31.1 Å². The van der Waals surface area contributed by atoms with Gasteiger partial charge < -0.3 is 0 Å². The van der Waals surface area contributed by atoms with Gasteiger partial charge in [-0.25, -0.2) is 8.78 Å². The lowest BCUT2D eigenvalue weighted by atomic mass is 9.68. The molecular formula is C18H17BrF2. The van der Waals surface area contributed by atoms with Crippen LogP contribution in [0.1, 0.15) is 29.5 Å². The molecule has 1 unspecified atom stereocenters. The second kappa shape index (κ2) is 5.88. The highest BCUT2D eigenvalue weighted by molar-refractivity contribution is 9.09. The summed E-state index contributed by atoms with van der Waals surface area (Å²) < 4.78 is 27.5. The number of hydrogen-bond acceptors (Lipinski definition) is 0. The average molecular weight is 351 g/mol. The fourth-order valence-electron chi connectivity index (χ4n) is 3.42. The first kappa shape index (κ1) is 14.7. The van der Waals surface area contributed by atoms with Crippen LogP contribution in [0.3, 0.4) is 0 Å². The average Bonchev–Trinajstić information content (AvgIpc) is 2.51. The van der Waals surface area contributed by atoms with Crippen LogP contribution in [0.4, 0.5) is 8.78 Å². The van der Waals surface area contributed by atoms with Gasteiger partial charge in [0.05, 0.1) is 0 Å². The van der Waals surface area contributed by atoms with Gasteiger partial charge in [-0.1, -0.05) is 40.2 Å². The second-order valence-electron chi connectivity index (χ2n) is 5.84. The Morgan fingerprint density at radius 3 is 2.71 bits per heavy atom. The van der Waals surface area contributed by atoms with Crippen LogP contribution in [-0.4, -0.2) is 5.33 Å². The Kier molecular flexibility index (Phi) is 4.12. The number of halogens is 3. The first-order valence-corrected chi connectivity index (χ1v) is 8.35. The Morgan fingerprint density at radius 1 is 1.10 bits per heavy atom. The topological polar surface area (TPSA) is 0 Å². The minimum atomic E-state index is -0.375. The summed E-state index contributed by atoms with van der Waals surface area (Å²) in [6.07, 6.45) is 3.67. The molecule has 1 aliphatic carbocycles. The molecule has 0 aliphatic heterocycles. The Bertz CT molecular complexity index is 653. The van der Waals surface area contributed by atoms with Crippen molar-refractivity contribution in [2.24, 2.45) is 0 Å². The molecule has 0 amide bonds. The molecule has 3 heteroatoms. The lowest BCUT2D eigenvalue weighted by Crippen LogP contribution is -2.35. The maximum atomic E-state index is 14.0. The fourth-order valence-corrected chi connectivity index (χ4v) is 4.20. The first-order valence-electron chi connectivity index (χ1n) is 7.23. The van der Waals surface area contributed by atoms with Gasteiger partial charge in [0.25, 0.3) is 0 Å². The molecular weight excluding hydrogens is 334 g/mol. The van der Waals surface area contributed by atoms with Gasteiger partial charge >= 0.3 is 0 Å². The van der Waals surface area contributed by atoms with E-state index in [2.05, 4.69) is 28.1 Å². The summed E-state index contributed by atoms with van der Waals surface area (Å²) in [6.45, 7) is 0. The van der Waals surface area contributed by atoms with Crippen molar-refractivity contribution < 1.29 is 8.78 Å². The lowest BCUT2D eigenvalue weighted by molar-refractivity contribution is 0.394. The molecule has 0 heterocycles. The van der Waals surface area contributed by atoms with Gasteiger partial charge in [-0.05, 0) is 60.6 Å². The summed E-state index contributed by atoms with van der Waals surface area (Å²) in [5.41, 5.74) is 2.92. The largest absolute Gasteiger partial charge is 0.207 e. The number of hydrogen-bond donors (Lipinski definition) is 0. The van der Waals surface area contributed by atoms with Gasteiger partial charge in [-0.15, -0.1) is 0 Å². The third-order valence-corrected chi connectivity index (χ3v) is 5.56. The van der Waals surface area contributed by atoms with Crippen LogP contribution in [0.25, 0.3) is 0 Å². The summed E-state index contributed by atoms with van der Waals surface area (Å²) in [6, 6.07) is 12.1. The van der Waals surface area contributed by atoms with Crippen LogP contribution in [0, 0.1) is 11.6 Å². The van der Waals surface area contributed by atoms with Gasteiger partial charge in [-0.2, -0.15) is 0 Å². The monoisotopic (exact) mass is 350 g/mol. The third kappa shape index (κ3) is 2.76. The molecule has 0 saturated carbocycles. The summed E-state index contributed by atoms with van der Waals surface area (Å²) in [5, 5.41) is 0.757. The molecule has 3 rings (SSSR count). The number of aryl methyl sites for hydroxylation is 1. The Balaban J connectivity index is 2.04. The van der Waals surface area contributed by atoms with Gasteiger partial charge in [0.2, 0.25) is 0 Å². The summed E-state index contributed by atoms with van der Waals surface area (Å²) in [4.78, 5) is 0. The van der Waals surface area contributed by atoms with Crippen LogP contribution in [-0.2, 0) is 18.3 Å². The molecule has 1 aliphatic rings. The zero-order chi connectivity index (χ0) is 14.9. The van der Waals surface area contributed by atoms with Crippen molar-refractivity contribution in [3.8, 4) is 0 Å². The summed E-state index contributed by atoms with van der Waals surface area (Å²) in [7, 11) is 0.